The smallest absolute Gasteiger partial charge is 0.184 e. The molecule has 0 amide bonds. The minimum Gasteiger partial charge on any atom is -0.414 e. The lowest BCUT2D eigenvalue weighted by atomic mass is 9.46. The highest BCUT2D eigenvalue weighted by molar-refractivity contribution is 6.69. The van der Waals surface area contributed by atoms with Crippen LogP contribution in [0.4, 0.5) is 0 Å². The van der Waals surface area contributed by atoms with Crippen molar-refractivity contribution in [3.8, 4) is 0 Å². The van der Waals surface area contributed by atoms with Crippen LogP contribution < -0.4 is 0 Å². The summed E-state index contributed by atoms with van der Waals surface area (Å²) >= 11 is 0. The van der Waals surface area contributed by atoms with Crippen LogP contribution in [0.2, 0.25) is 19.6 Å². The molecule has 2 N–H and O–H groups in total. The molecular formula is C24H36O4Si. The fourth-order valence-electron chi connectivity index (χ4n) is 6.98. The summed E-state index contributed by atoms with van der Waals surface area (Å²) < 4.78 is 6.81. The van der Waals surface area contributed by atoms with E-state index in [0.717, 1.165) is 12.8 Å². The Morgan fingerprint density at radius 3 is 2.55 bits per heavy atom. The molecule has 0 radical (unpaired) electrons. The molecule has 4 aliphatic rings. The summed E-state index contributed by atoms with van der Waals surface area (Å²) in [5.74, 6) is 0.887. The summed E-state index contributed by atoms with van der Waals surface area (Å²) in [5.41, 5.74) is -0.661. The monoisotopic (exact) mass is 416 g/mol. The van der Waals surface area contributed by atoms with E-state index in [-0.39, 0.29) is 29.1 Å². The highest BCUT2D eigenvalue weighted by Gasteiger charge is 2.66. The van der Waals surface area contributed by atoms with Crippen LogP contribution in [0, 0.1) is 28.6 Å². The quantitative estimate of drug-likeness (QED) is 0.539. The van der Waals surface area contributed by atoms with Crippen molar-refractivity contribution in [2.75, 3.05) is 0 Å². The van der Waals surface area contributed by atoms with Crippen LogP contribution >= 0.6 is 0 Å². The highest BCUT2D eigenvalue weighted by Crippen LogP contribution is 2.66. The summed E-state index contributed by atoms with van der Waals surface area (Å²) in [6, 6.07) is 0. The zero-order chi connectivity index (χ0) is 21.4. The average molecular weight is 417 g/mol. The van der Waals surface area contributed by atoms with Crippen LogP contribution in [0.25, 0.3) is 0 Å². The van der Waals surface area contributed by atoms with Gasteiger partial charge in [0.2, 0.25) is 0 Å². The number of carbonyl (C=O) groups excluding carboxylic acids is 1. The fourth-order valence-corrected chi connectivity index (χ4v) is 8.12. The minimum atomic E-state index is -1.85. The molecule has 0 aliphatic heterocycles. The Balaban J connectivity index is 1.82. The van der Waals surface area contributed by atoms with E-state index in [0.29, 0.717) is 12.3 Å². The average Bonchev–Trinajstić information content (AvgIpc) is 2.86. The number of aliphatic hydroxyl groups excluding tert-OH is 1. The lowest BCUT2D eigenvalue weighted by molar-refractivity contribution is -0.180. The van der Waals surface area contributed by atoms with Gasteiger partial charge >= 0.3 is 0 Å². The van der Waals surface area contributed by atoms with Gasteiger partial charge in [0.15, 0.2) is 14.1 Å². The van der Waals surface area contributed by atoms with Gasteiger partial charge in [0, 0.05) is 16.9 Å². The lowest BCUT2D eigenvalue weighted by Crippen LogP contribution is -2.63. The van der Waals surface area contributed by atoms with Gasteiger partial charge in [0.25, 0.3) is 0 Å². The first-order valence-corrected chi connectivity index (χ1v) is 14.4. The van der Waals surface area contributed by atoms with Crippen molar-refractivity contribution in [1.29, 1.82) is 0 Å². The molecule has 0 aromatic heterocycles. The van der Waals surface area contributed by atoms with E-state index in [4.69, 9.17) is 4.43 Å². The van der Waals surface area contributed by atoms with Crippen molar-refractivity contribution in [3.63, 3.8) is 0 Å². The summed E-state index contributed by atoms with van der Waals surface area (Å²) in [7, 11) is -1.85. The number of hydrogen-bond donors (Lipinski definition) is 2. The van der Waals surface area contributed by atoms with Crippen molar-refractivity contribution < 1.29 is 19.4 Å². The Morgan fingerprint density at radius 1 is 1.24 bits per heavy atom. The van der Waals surface area contributed by atoms with Crippen molar-refractivity contribution >= 4 is 14.1 Å². The molecule has 0 bridgehead atoms. The largest absolute Gasteiger partial charge is 0.414 e. The second kappa shape index (κ2) is 6.49. The van der Waals surface area contributed by atoms with E-state index in [2.05, 4.69) is 45.6 Å². The van der Waals surface area contributed by atoms with Gasteiger partial charge in [-0.05, 0) is 75.7 Å². The Bertz CT molecular complexity index is 806. The maximum atomic E-state index is 12.1. The first kappa shape index (κ1) is 21.2. The zero-order valence-electron chi connectivity index (χ0n) is 18.6. The molecule has 4 aliphatic carbocycles. The number of allylic oxidation sites excluding steroid dienone is 5. The molecule has 0 aromatic rings. The Morgan fingerprint density at radius 2 is 1.93 bits per heavy atom. The summed E-state index contributed by atoms with van der Waals surface area (Å²) in [6.07, 6.45) is 11.4. The van der Waals surface area contributed by atoms with E-state index in [1.54, 1.807) is 13.0 Å². The number of fused-ring (bicyclic) bond motifs is 5. The molecule has 0 aromatic carbocycles. The van der Waals surface area contributed by atoms with E-state index in [1.807, 2.05) is 12.2 Å². The van der Waals surface area contributed by atoms with Gasteiger partial charge in [0.05, 0.1) is 6.10 Å². The molecule has 0 saturated heterocycles. The van der Waals surface area contributed by atoms with Crippen LogP contribution in [0.15, 0.2) is 36.0 Å². The maximum Gasteiger partial charge on any atom is 0.184 e. The van der Waals surface area contributed by atoms with Gasteiger partial charge in [-0.2, -0.15) is 0 Å². The molecule has 4 rings (SSSR count). The first-order valence-electron chi connectivity index (χ1n) is 11.0. The normalized spacial score (nSPS) is 47.3. The fraction of sp³-hybridized carbons (Fsp3) is 0.708. The van der Waals surface area contributed by atoms with Crippen molar-refractivity contribution in [3.05, 3.63) is 36.0 Å². The summed E-state index contributed by atoms with van der Waals surface area (Å²) in [4.78, 5) is 12.1. The topological polar surface area (TPSA) is 66.8 Å². The van der Waals surface area contributed by atoms with Gasteiger partial charge < -0.3 is 14.6 Å². The third-order valence-corrected chi connectivity index (χ3v) is 9.35. The van der Waals surface area contributed by atoms with Crippen molar-refractivity contribution in [1.82, 2.24) is 0 Å². The van der Waals surface area contributed by atoms with Crippen LogP contribution in [0.3, 0.4) is 0 Å². The standard InChI is InChI=1S/C24H36O4Si/c1-15(25)24(27)12-10-19-18-8-7-16-13-17(26)9-11-22(16,2)21(18)20(14-23(19,24)3)28-29(4,5)6/h9-13,15,18-21,25,27H,7-8,14H2,1-6H3/t15?,18-,19-,20-,21+,22-,23-,24-/m0/s1. The van der Waals surface area contributed by atoms with Crippen LogP contribution in [0.5, 0.6) is 0 Å². The number of ketones is 1. The summed E-state index contributed by atoms with van der Waals surface area (Å²) in [5, 5.41) is 22.0. The molecule has 29 heavy (non-hydrogen) atoms. The third-order valence-electron chi connectivity index (χ3n) is 8.34. The van der Waals surface area contributed by atoms with E-state index in [1.165, 1.54) is 5.57 Å². The Kier molecular flexibility index (Phi) is 4.75. The molecular weight excluding hydrogens is 380 g/mol. The zero-order valence-corrected chi connectivity index (χ0v) is 19.6. The minimum absolute atomic E-state index is 0.00959. The lowest BCUT2D eigenvalue weighted by Gasteiger charge is -2.61. The molecule has 1 unspecified atom stereocenters. The number of aliphatic hydroxyl groups is 2. The summed E-state index contributed by atoms with van der Waals surface area (Å²) in [6.45, 7) is 12.7. The third kappa shape index (κ3) is 3.00. The van der Waals surface area contributed by atoms with Crippen molar-refractivity contribution in [2.24, 2.45) is 28.6 Å². The number of hydrogen-bond acceptors (Lipinski definition) is 4. The molecule has 2 fully saturated rings. The number of rotatable bonds is 3. The van der Waals surface area contributed by atoms with Gasteiger partial charge in [-0.15, -0.1) is 0 Å². The van der Waals surface area contributed by atoms with Crippen LogP contribution in [-0.2, 0) is 9.22 Å². The van der Waals surface area contributed by atoms with Gasteiger partial charge in [-0.25, -0.2) is 0 Å². The molecule has 160 valence electrons. The highest BCUT2D eigenvalue weighted by atomic mass is 28.4. The van der Waals surface area contributed by atoms with Crippen LogP contribution in [-0.4, -0.2) is 42.1 Å². The van der Waals surface area contributed by atoms with Crippen molar-refractivity contribution in [2.45, 2.75) is 77.5 Å². The Labute approximate surface area is 175 Å². The second-order valence-corrected chi connectivity index (χ2v) is 15.7. The molecule has 4 nitrogen and oxygen atoms in total. The molecule has 2 saturated carbocycles. The molecule has 5 heteroatoms. The second-order valence-electron chi connectivity index (χ2n) is 11.2. The number of carbonyl (C=O) groups is 1. The Hall–Kier alpha value is -1.01. The van der Waals surface area contributed by atoms with E-state index < -0.39 is 25.4 Å². The van der Waals surface area contributed by atoms with Gasteiger partial charge in [-0.3, -0.25) is 4.79 Å². The van der Waals surface area contributed by atoms with Gasteiger partial charge in [0.1, 0.15) is 5.60 Å². The molecule has 8 atom stereocenters. The van der Waals surface area contributed by atoms with E-state index in [9.17, 15) is 15.0 Å². The van der Waals surface area contributed by atoms with Gasteiger partial charge in [-0.1, -0.05) is 37.6 Å². The molecule has 0 spiro atoms. The maximum absolute atomic E-state index is 12.1. The SMILES string of the molecule is CC(O)[C@@]1(O)C=C[C@H]2[C@@H]3CCC4=CC(=O)C=C[C@]4(C)[C@H]3[C@@H](O[Si](C)(C)C)C[C@@]21C. The predicted molar refractivity (Wildman–Crippen MR) is 117 cm³/mol. The first-order chi connectivity index (χ1) is 13.3. The predicted octanol–water partition coefficient (Wildman–Crippen LogP) is 4.01. The van der Waals surface area contributed by atoms with E-state index >= 15 is 0 Å². The van der Waals surface area contributed by atoms with Crippen LogP contribution in [0.1, 0.15) is 40.0 Å². The molecule has 0 heterocycles.